The van der Waals surface area contributed by atoms with Gasteiger partial charge in [0.1, 0.15) is 5.01 Å². The van der Waals surface area contributed by atoms with Crippen molar-refractivity contribution in [1.29, 1.82) is 0 Å². The molecule has 0 fully saturated rings. The number of benzene rings is 1. The van der Waals surface area contributed by atoms with Gasteiger partial charge >= 0.3 is 0 Å². The van der Waals surface area contributed by atoms with E-state index in [1.807, 2.05) is 6.08 Å². The molecular formula is C21H24N2OS2. The van der Waals surface area contributed by atoms with Crippen molar-refractivity contribution in [2.45, 2.75) is 19.1 Å². The molecule has 0 radical (unpaired) electrons. The summed E-state index contributed by atoms with van der Waals surface area (Å²) in [6, 6.07) is 8.38. The SMILES string of the molecule is C=C/C=C(\C=C)CCNC(=O)CSCc1csc(-c2ccc(C)cc2)n1. The van der Waals surface area contributed by atoms with E-state index in [4.69, 9.17) is 0 Å². The third kappa shape index (κ3) is 6.65. The number of aromatic nitrogens is 1. The van der Waals surface area contributed by atoms with E-state index >= 15 is 0 Å². The van der Waals surface area contributed by atoms with Gasteiger partial charge in [-0.05, 0) is 18.9 Å². The number of amides is 1. The number of hydrogen-bond acceptors (Lipinski definition) is 4. The summed E-state index contributed by atoms with van der Waals surface area (Å²) < 4.78 is 0. The van der Waals surface area contributed by atoms with Gasteiger partial charge in [-0.3, -0.25) is 4.79 Å². The van der Waals surface area contributed by atoms with Gasteiger partial charge in [0.15, 0.2) is 0 Å². The van der Waals surface area contributed by atoms with Crippen LogP contribution in [0.15, 0.2) is 66.6 Å². The van der Waals surface area contributed by atoms with E-state index in [0.717, 1.165) is 34.0 Å². The number of thiazole rings is 1. The zero-order chi connectivity index (χ0) is 18.8. The van der Waals surface area contributed by atoms with E-state index in [0.29, 0.717) is 12.3 Å². The summed E-state index contributed by atoms with van der Waals surface area (Å²) in [7, 11) is 0. The number of thioether (sulfide) groups is 1. The van der Waals surface area contributed by atoms with Gasteiger partial charge in [-0.25, -0.2) is 4.98 Å². The summed E-state index contributed by atoms with van der Waals surface area (Å²) in [5.74, 6) is 1.22. The average Bonchev–Trinajstić information content (AvgIpc) is 3.10. The largest absolute Gasteiger partial charge is 0.355 e. The molecule has 0 aliphatic carbocycles. The maximum atomic E-state index is 11.9. The predicted molar refractivity (Wildman–Crippen MR) is 115 cm³/mol. The van der Waals surface area contributed by atoms with Crippen LogP contribution in [0.3, 0.4) is 0 Å². The van der Waals surface area contributed by atoms with Crippen molar-refractivity contribution in [3.63, 3.8) is 0 Å². The average molecular weight is 385 g/mol. The number of allylic oxidation sites excluding steroid dienone is 3. The summed E-state index contributed by atoms with van der Waals surface area (Å²) in [6.07, 6.45) is 6.18. The second kappa shape index (κ2) is 10.8. The van der Waals surface area contributed by atoms with Crippen molar-refractivity contribution in [1.82, 2.24) is 10.3 Å². The molecule has 2 rings (SSSR count). The van der Waals surface area contributed by atoms with Gasteiger partial charge in [-0.1, -0.05) is 61.2 Å². The van der Waals surface area contributed by atoms with Crippen molar-refractivity contribution in [3.8, 4) is 10.6 Å². The molecule has 5 heteroatoms. The summed E-state index contributed by atoms with van der Waals surface area (Å²) in [5, 5.41) is 6.02. The fraction of sp³-hybridized carbons (Fsp3) is 0.238. The molecule has 136 valence electrons. The summed E-state index contributed by atoms with van der Waals surface area (Å²) >= 11 is 3.22. The third-order valence-corrected chi connectivity index (χ3v) is 5.57. The number of nitrogens with zero attached hydrogens (tertiary/aromatic N) is 1. The molecule has 0 unspecified atom stereocenters. The van der Waals surface area contributed by atoms with Crippen molar-refractivity contribution < 1.29 is 4.79 Å². The minimum absolute atomic E-state index is 0.0472. The van der Waals surface area contributed by atoms with E-state index in [2.05, 4.69) is 60.0 Å². The first-order valence-electron chi connectivity index (χ1n) is 8.42. The minimum Gasteiger partial charge on any atom is -0.355 e. The Kier molecular flexibility index (Phi) is 8.38. The number of rotatable bonds is 10. The Morgan fingerprint density at radius 1 is 1.31 bits per heavy atom. The van der Waals surface area contributed by atoms with Crippen LogP contribution in [0.5, 0.6) is 0 Å². The Hall–Kier alpha value is -2.11. The molecule has 0 aliphatic rings. The van der Waals surface area contributed by atoms with Crippen LogP contribution < -0.4 is 5.32 Å². The van der Waals surface area contributed by atoms with Gasteiger partial charge < -0.3 is 5.32 Å². The molecule has 0 aliphatic heterocycles. The van der Waals surface area contributed by atoms with E-state index < -0.39 is 0 Å². The lowest BCUT2D eigenvalue weighted by atomic mass is 10.2. The summed E-state index contributed by atoms with van der Waals surface area (Å²) in [5.41, 5.74) is 4.47. The molecule has 0 saturated heterocycles. The maximum Gasteiger partial charge on any atom is 0.230 e. The standard InChI is InChI=1S/C21H24N2OS2/c1-4-6-17(5-2)11-12-22-20(24)15-25-13-19-14-26-21(23-19)18-9-7-16(3)8-10-18/h4-10,14H,1-2,11-13,15H2,3H3,(H,22,24)/b17-6+. The molecule has 1 N–H and O–H groups in total. The molecule has 3 nitrogen and oxygen atoms in total. The highest BCUT2D eigenvalue weighted by Gasteiger charge is 2.06. The Balaban J connectivity index is 1.72. The van der Waals surface area contributed by atoms with Crippen molar-refractivity contribution in [2.75, 3.05) is 12.3 Å². The Bertz CT molecular complexity index is 776. The molecule has 0 bridgehead atoms. The first-order valence-corrected chi connectivity index (χ1v) is 10.5. The highest BCUT2D eigenvalue weighted by atomic mass is 32.2. The normalized spacial score (nSPS) is 11.2. The van der Waals surface area contributed by atoms with E-state index in [-0.39, 0.29) is 5.91 Å². The molecule has 1 aromatic carbocycles. The van der Waals surface area contributed by atoms with Gasteiger partial charge in [-0.15, -0.1) is 23.1 Å². The molecule has 0 saturated carbocycles. The van der Waals surface area contributed by atoms with E-state index in [1.165, 1.54) is 5.56 Å². The third-order valence-electron chi connectivity index (χ3n) is 3.66. The fourth-order valence-corrected chi connectivity index (χ4v) is 3.93. The lowest BCUT2D eigenvalue weighted by molar-refractivity contribution is -0.118. The quantitative estimate of drug-likeness (QED) is 0.576. The monoisotopic (exact) mass is 384 g/mol. The van der Waals surface area contributed by atoms with Crippen molar-refractivity contribution in [3.05, 3.63) is 77.9 Å². The molecule has 0 spiro atoms. The van der Waals surface area contributed by atoms with Crippen LogP contribution in [0.2, 0.25) is 0 Å². The molecule has 1 amide bonds. The molecule has 1 aromatic heterocycles. The number of carbonyl (C=O) groups excluding carboxylic acids is 1. The highest BCUT2D eigenvalue weighted by Crippen LogP contribution is 2.25. The second-order valence-electron chi connectivity index (χ2n) is 5.78. The Morgan fingerprint density at radius 3 is 2.77 bits per heavy atom. The first-order chi connectivity index (χ1) is 12.6. The molecule has 0 atom stereocenters. The van der Waals surface area contributed by atoms with Crippen molar-refractivity contribution in [2.24, 2.45) is 0 Å². The fourth-order valence-electron chi connectivity index (χ4n) is 2.25. The smallest absolute Gasteiger partial charge is 0.230 e. The number of nitrogens with one attached hydrogen (secondary N) is 1. The van der Waals surface area contributed by atoms with Crippen LogP contribution in [0, 0.1) is 6.92 Å². The van der Waals surface area contributed by atoms with Crippen LogP contribution in [0.4, 0.5) is 0 Å². The van der Waals surface area contributed by atoms with Gasteiger partial charge in [0.25, 0.3) is 0 Å². The first kappa shape index (κ1) is 20.2. The zero-order valence-corrected chi connectivity index (χ0v) is 16.7. The lowest BCUT2D eigenvalue weighted by Crippen LogP contribution is -2.26. The van der Waals surface area contributed by atoms with Crippen LogP contribution >= 0.6 is 23.1 Å². The number of hydrogen-bond donors (Lipinski definition) is 1. The van der Waals surface area contributed by atoms with Crippen LogP contribution in [-0.4, -0.2) is 23.2 Å². The van der Waals surface area contributed by atoms with E-state index in [1.54, 1.807) is 35.3 Å². The molecule has 1 heterocycles. The molecule has 26 heavy (non-hydrogen) atoms. The van der Waals surface area contributed by atoms with Crippen LogP contribution in [-0.2, 0) is 10.5 Å². The van der Waals surface area contributed by atoms with Crippen LogP contribution in [0.25, 0.3) is 10.6 Å². The van der Waals surface area contributed by atoms with Gasteiger partial charge in [0.05, 0.1) is 11.4 Å². The minimum atomic E-state index is 0.0472. The summed E-state index contributed by atoms with van der Waals surface area (Å²) in [6.45, 7) is 10.1. The van der Waals surface area contributed by atoms with E-state index in [9.17, 15) is 4.79 Å². The van der Waals surface area contributed by atoms with Gasteiger partial charge in [-0.2, -0.15) is 0 Å². The predicted octanol–water partition coefficient (Wildman–Crippen LogP) is 5.16. The maximum absolute atomic E-state index is 11.9. The highest BCUT2D eigenvalue weighted by molar-refractivity contribution is 7.99. The Labute approximate surface area is 163 Å². The lowest BCUT2D eigenvalue weighted by Gasteiger charge is -2.05. The molecule has 2 aromatic rings. The van der Waals surface area contributed by atoms with Gasteiger partial charge in [0, 0.05) is 23.2 Å². The summed E-state index contributed by atoms with van der Waals surface area (Å²) in [4.78, 5) is 16.6. The van der Waals surface area contributed by atoms with Crippen LogP contribution in [0.1, 0.15) is 17.7 Å². The second-order valence-corrected chi connectivity index (χ2v) is 7.63. The Morgan fingerprint density at radius 2 is 2.08 bits per heavy atom. The number of carbonyl (C=O) groups is 1. The zero-order valence-electron chi connectivity index (χ0n) is 15.0. The van der Waals surface area contributed by atoms with Crippen molar-refractivity contribution >= 4 is 29.0 Å². The topological polar surface area (TPSA) is 42.0 Å². The molecular weight excluding hydrogens is 360 g/mol. The van der Waals surface area contributed by atoms with Gasteiger partial charge in [0.2, 0.25) is 5.91 Å². The number of aryl methyl sites for hydroxylation is 1.